The number of rotatable bonds is 6. The van der Waals surface area contributed by atoms with Crippen LogP contribution in [0.2, 0.25) is 0 Å². The highest BCUT2D eigenvalue weighted by Gasteiger charge is 2.20. The van der Waals surface area contributed by atoms with Crippen LogP contribution in [0.5, 0.6) is 0 Å². The molecule has 1 heterocycles. The standard InChI is InChI=1S/C15H29NO2/c1-15(2,3)9-4-10-16-11-7-13(8-12-16)5-6-14(17)18/h13H,4-12H2,1-3H3,(H,17,18). The lowest BCUT2D eigenvalue weighted by Gasteiger charge is -2.32. The fourth-order valence-corrected chi connectivity index (χ4v) is 2.66. The molecule has 3 heteroatoms. The van der Waals surface area contributed by atoms with Crippen LogP contribution in [-0.4, -0.2) is 35.6 Å². The van der Waals surface area contributed by atoms with Gasteiger partial charge in [-0.1, -0.05) is 20.8 Å². The number of aliphatic carboxylic acids is 1. The molecule has 0 aliphatic carbocycles. The quantitative estimate of drug-likeness (QED) is 0.791. The fraction of sp³-hybridized carbons (Fsp3) is 0.933. The first kappa shape index (κ1) is 15.5. The predicted octanol–water partition coefficient (Wildman–Crippen LogP) is 3.39. The van der Waals surface area contributed by atoms with E-state index in [1.54, 1.807) is 0 Å². The van der Waals surface area contributed by atoms with Crippen molar-refractivity contribution in [1.82, 2.24) is 4.90 Å². The lowest BCUT2D eigenvalue weighted by atomic mass is 9.89. The molecule has 0 aromatic heterocycles. The Balaban J connectivity index is 2.10. The molecule has 1 rings (SSSR count). The van der Waals surface area contributed by atoms with Gasteiger partial charge in [-0.2, -0.15) is 0 Å². The highest BCUT2D eigenvalue weighted by atomic mass is 16.4. The van der Waals surface area contributed by atoms with Gasteiger partial charge in [0.1, 0.15) is 0 Å². The van der Waals surface area contributed by atoms with Crippen LogP contribution >= 0.6 is 0 Å². The number of likely N-dealkylation sites (tertiary alicyclic amines) is 1. The summed E-state index contributed by atoms with van der Waals surface area (Å²) in [6, 6.07) is 0. The van der Waals surface area contributed by atoms with Crippen molar-refractivity contribution in [2.45, 2.75) is 59.3 Å². The van der Waals surface area contributed by atoms with Crippen LogP contribution in [0.1, 0.15) is 59.3 Å². The Bertz CT molecular complexity index is 250. The van der Waals surface area contributed by atoms with E-state index in [-0.39, 0.29) is 0 Å². The number of hydrogen-bond donors (Lipinski definition) is 1. The summed E-state index contributed by atoms with van der Waals surface area (Å²) in [6.07, 6.45) is 6.14. The molecule has 0 unspecified atom stereocenters. The van der Waals surface area contributed by atoms with Crippen molar-refractivity contribution in [2.24, 2.45) is 11.3 Å². The highest BCUT2D eigenvalue weighted by Crippen LogP contribution is 2.24. The van der Waals surface area contributed by atoms with Crippen LogP contribution in [-0.2, 0) is 4.79 Å². The van der Waals surface area contributed by atoms with E-state index in [2.05, 4.69) is 25.7 Å². The Morgan fingerprint density at radius 1 is 1.28 bits per heavy atom. The molecule has 1 fully saturated rings. The molecule has 1 aliphatic heterocycles. The lowest BCUT2D eigenvalue weighted by molar-refractivity contribution is -0.137. The molecular weight excluding hydrogens is 226 g/mol. The molecule has 0 saturated carbocycles. The van der Waals surface area contributed by atoms with Gasteiger partial charge in [0.05, 0.1) is 0 Å². The largest absolute Gasteiger partial charge is 0.481 e. The van der Waals surface area contributed by atoms with Crippen LogP contribution in [0.15, 0.2) is 0 Å². The number of hydrogen-bond acceptors (Lipinski definition) is 2. The van der Waals surface area contributed by atoms with Crippen molar-refractivity contribution in [3.05, 3.63) is 0 Å². The van der Waals surface area contributed by atoms with Crippen LogP contribution in [0.4, 0.5) is 0 Å². The molecule has 18 heavy (non-hydrogen) atoms. The fourth-order valence-electron chi connectivity index (χ4n) is 2.66. The minimum Gasteiger partial charge on any atom is -0.481 e. The van der Waals surface area contributed by atoms with E-state index in [1.165, 1.54) is 32.2 Å². The Labute approximate surface area is 112 Å². The van der Waals surface area contributed by atoms with Crippen molar-refractivity contribution in [2.75, 3.05) is 19.6 Å². The SMILES string of the molecule is CC(C)(C)CCCN1CCC(CCC(=O)O)CC1. The third-order valence-corrected chi connectivity index (χ3v) is 3.87. The first-order chi connectivity index (χ1) is 8.37. The zero-order valence-corrected chi connectivity index (χ0v) is 12.2. The van der Waals surface area contributed by atoms with E-state index in [0.29, 0.717) is 17.8 Å². The molecule has 0 aromatic carbocycles. The first-order valence-electron chi connectivity index (χ1n) is 7.31. The Morgan fingerprint density at radius 3 is 2.39 bits per heavy atom. The van der Waals surface area contributed by atoms with Gasteiger partial charge in [0.15, 0.2) is 0 Å². The van der Waals surface area contributed by atoms with Crippen molar-refractivity contribution in [1.29, 1.82) is 0 Å². The second kappa shape index (κ2) is 7.13. The molecule has 3 nitrogen and oxygen atoms in total. The maximum Gasteiger partial charge on any atom is 0.303 e. The summed E-state index contributed by atoms with van der Waals surface area (Å²) >= 11 is 0. The van der Waals surface area contributed by atoms with Gasteiger partial charge in [-0.05, 0) is 63.1 Å². The van der Waals surface area contributed by atoms with Gasteiger partial charge in [-0.15, -0.1) is 0 Å². The number of carboxylic acid groups (broad SMARTS) is 1. The van der Waals surface area contributed by atoms with E-state index >= 15 is 0 Å². The molecule has 0 radical (unpaired) electrons. The van der Waals surface area contributed by atoms with Crippen molar-refractivity contribution in [3.63, 3.8) is 0 Å². The number of carbonyl (C=O) groups is 1. The summed E-state index contributed by atoms with van der Waals surface area (Å²) < 4.78 is 0. The van der Waals surface area contributed by atoms with Crippen LogP contribution in [0.25, 0.3) is 0 Å². The molecule has 0 amide bonds. The number of piperidine rings is 1. The normalized spacial score (nSPS) is 19.1. The summed E-state index contributed by atoms with van der Waals surface area (Å²) in [6.45, 7) is 10.4. The second-order valence-corrected chi connectivity index (χ2v) is 6.88. The summed E-state index contributed by atoms with van der Waals surface area (Å²) in [5, 5.41) is 8.68. The van der Waals surface area contributed by atoms with E-state index in [4.69, 9.17) is 5.11 Å². The van der Waals surface area contributed by atoms with E-state index in [9.17, 15) is 4.79 Å². The molecule has 0 atom stereocenters. The summed E-state index contributed by atoms with van der Waals surface area (Å²) in [7, 11) is 0. The summed E-state index contributed by atoms with van der Waals surface area (Å²) in [5.74, 6) is -0.0115. The van der Waals surface area contributed by atoms with E-state index in [1.807, 2.05) is 0 Å². The van der Waals surface area contributed by atoms with Gasteiger partial charge in [0, 0.05) is 6.42 Å². The van der Waals surface area contributed by atoms with Gasteiger partial charge in [0.2, 0.25) is 0 Å². The lowest BCUT2D eigenvalue weighted by Crippen LogP contribution is -2.34. The summed E-state index contributed by atoms with van der Waals surface area (Å²) in [5.41, 5.74) is 0.444. The Morgan fingerprint density at radius 2 is 1.89 bits per heavy atom. The highest BCUT2D eigenvalue weighted by molar-refractivity contribution is 5.66. The molecular formula is C15H29NO2. The number of carboxylic acids is 1. The molecule has 1 saturated heterocycles. The molecule has 1 N–H and O–H groups in total. The monoisotopic (exact) mass is 255 g/mol. The van der Waals surface area contributed by atoms with E-state index in [0.717, 1.165) is 19.5 Å². The first-order valence-corrected chi connectivity index (χ1v) is 7.31. The Kier molecular flexibility index (Phi) is 6.13. The molecule has 106 valence electrons. The van der Waals surface area contributed by atoms with Crippen molar-refractivity contribution in [3.8, 4) is 0 Å². The smallest absolute Gasteiger partial charge is 0.303 e. The number of nitrogens with zero attached hydrogens (tertiary/aromatic N) is 1. The van der Waals surface area contributed by atoms with Gasteiger partial charge in [-0.25, -0.2) is 0 Å². The van der Waals surface area contributed by atoms with Crippen LogP contribution in [0, 0.1) is 11.3 Å². The average molecular weight is 255 g/mol. The van der Waals surface area contributed by atoms with Crippen LogP contribution in [0.3, 0.4) is 0 Å². The maximum absolute atomic E-state index is 10.5. The predicted molar refractivity (Wildman–Crippen MR) is 74.7 cm³/mol. The van der Waals surface area contributed by atoms with Crippen molar-refractivity contribution < 1.29 is 9.90 Å². The minimum absolute atomic E-state index is 0.342. The zero-order valence-electron chi connectivity index (χ0n) is 12.2. The molecule has 0 bridgehead atoms. The van der Waals surface area contributed by atoms with Gasteiger partial charge < -0.3 is 10.0 Å². The van der Waals surface area contributed by atoms with E-state index < -0.39 is 5.97 Å². The average Bonchev–Trinajstić information content (AvgIpc) is 2.26. The molecule has 0 aromatic rings. The molecule has 1 aliphatic rings. The maximum atomic E-state index is 10.5. The second-order valence-electron chi connectivity index (χ2n) is 6.88. The minimum atomic E-state index is -0.650. The topological polar surface area (TPSA) is 40.5 Å². The zero-order chi connectivity index (χ0) is 13.6. The summed E-state index contributed by atoms with van der Waals surface area (Å²) in [4.78, 5) is 13.1. The van der Waals surface area contributed by atoms with Gasteiger partial charge in [0.25, 0.3) is 0 Å². The van der Waals surface area contributed by atoms with Crippen molar-refractivity contribution >= 4 is 5.97 Å². The third kappa shape index (κ3) is 7.00. The van der Waals surface area contributed by atoms with Crippen LogP contribution < -0.4 is 0 Å². The van der Waals surface area contributed by atoms with Gasteiger partial charge in [-0.3, -0.25) is 4.79 Å². The third-order valence-electron chi connectivity index (χ3n) is 3.87. The molecule has 0 spiro atoms. The van der Waals surface area contributed by atoms with Gasteiger partial charge >= 0.3 is 5.97 Å². The Hall–Kier alpha value is -0.570.